The van der Waals surface area contributed by atoms with Gasteiger partial charge in [-0.25, -0.2) is 8.42 Å². The van der Waals surface area contributed by atoms with E-state index in [0.717, 1.165) is 11.1 Å². The molecular formula is C45H62O3S2. The van der Waals surface area contributed by atoms with Crippen LogP contribution in [0.3, 0.4) is 0 Å². The maximum Gasteiger partial charge on any atom is 0.166 e. The van der Waals surface area contributed by atoms with Gasteiger partial charge in [0.2, 0.25) is 0 Å². The number of hydrogen-bond donors (Lipinski definition) is 0. The van der Waals surface area contributed by atoms with Crippen LogP contribution < -0.4 is 0 Å². The molecule has 50 heavy (non-hydrogen) atoms. The molecular weight excluding hydrogens is 653 g/mol. The molecule has 0 amide bonds. The van der Waals surface area contributed by atoms with Crippen LogP contribution in [0.1, 0.15) is 155 Å². The van der Waals surface area contributed by atoms with Crippen molar-refractivity contribution in [1.29, 1.82) is 0 Å². The van der Waals surface area contributed by atoms with Gasteiger partial charge in [0.1, 0.15) is 10.1 Å². The topological polar surface area (TPSA) is 57.2 Å². The van der Waals surface area contributed by atoms with Crippen LogP contribution in [0.15, 0.2) is 105 Å². The van der Waals surface area contributed by atoms with Crippen molar-refractivity contribution in [2.75, 3.05) is 0 Å². The molecule has 0 fully saturated rings. The maximum absolute atomic E-state index is 11.5. The lowest BCUT2D eigenvalue weighted by Crippen LogP contribution is -2.13. The van der Waals surface area contributed by atoms with Gasteiger partial charge in [-0.2, -0.15) is 0 Å². The summed E-state index contributed by atoms with van der Waals surface area (Å²) in [6.45, 7) is 32.6. The highest BCUT2D eigenvalue weighted by atomic mass is 32.2. The first kappa shape index (κ1) is 41.6. The van der Waals surface area contributed by atoms with E-state index in [1.807, 2.05) is 27.7 Å². The molecule has 272 valence electrons. The number of benzene rings is 4. The Balaban J connectivity index is 0.000000305. The van der Waals surface area contributed by atoms with Crippen molar-refractivity contribution in [3.63, 3.8) is 0 Å². The van der Waals surface area contributed by atoms with Crippen molar-refractivity contribution in [1.82, 2.24) is 0 Å². The van der Waals surface area contributed by atoms with Gasteiger partial charge < -0.3 is 4.55 Å². The minimum atomic E-state index is -4.43. The van der Waals surface area contributed by atoms with Gasteiger partial charge in [-0.05, 0) is 110 Å². The summed E-state index contributed by atoms with van der Waals surface area (Å²) in [4.78, 5) is 4.07. The highest BCUT2D eigenvalue weighted by molar-refractivity contribution is 7.97. The predicted octanol–water partition coefficient (Wildman–Crippen LogP) is 12.6. The van der Waals surface area contributed by atoms with E-state index in [1.165, 1.54) is 37.4 Å². The first-order valence-electron chi connectivity index (χ1n) is 18.0. The van der Waals surface area contributed by atoms with Crippen LogP contribution >= 0.6 is 0 Å². The summed E-state index contributed by atoms with van der Waals surface area (Å²) >= 11 is 0. The van der Waals surface area contributed by atoms with Crippen LogP contribution in [0.4, 0.5) is 0 Å². The van der Waals surface area contributed by atoms with Crippen molar-refractivity contribution >= 4 is 21.0 Å². The molecule has 0 saturated heterocycles. The van der Waals surface area contributed by atoms with Crippen molar-refractivity contribution in [2.24, 2.45) is 0 Å². The molecule has 0 heterocycles. The average molecular weight is 715 g/mol. The molecule has 5 heteroatoms. The fourth-order valence-corrected chi connectivity index (χ4v) is 9.17. The second-order valence-electron chi connectivity index (χ2n) is 17.5. The van der Waals surface area contributed by atoms with Crippen molar-refractivity contribution in [3.8, 4) is 0 Å². The van der Waals surface area contributed by atoms with Crippen molar-refractivity contribution < 1.29 is 13.0 Å². The summed E-state index contributed by atoms with van der Waals surface area (Å²) in [7, 11) is -4.55. The molecule has 0 saturated carbocycles. The standard InChI is InChI=1S/C30H39S.C15H24O3S/c1-28(2,3)22-10-16-25(17-11-22)31(26-18-12-23(13-19-26)29(4,5)6)27-20-14-24(15-21-27)30(7,8)9;1-9(2)12-7-8-13(19(16,17)18)15(11(5)6)14(12)10(3)4/h10-21H,1-9H3;7-11H,1-6H3,(H,16,17,18)/q+1;/p-1. The first-order valence-corrected chi connectivity index (χ1v) is 20.7. The SMILES string of the molecule is CC(C)(C)c1ccc([S+](c2ccc(C(C)(C)C)cc2)c2ccc(C(C)(C)C)cc2)cc1.CC(C)c1ccc(S(=O)(=O)[O-])c(C(C)C)c1C(C)C. The molecule has 4 rings (SSSR count). The molecule has 3 nitrogen and oxygen atoms in total. The van der Waals surface area contributed by atoms with Gasteiger partial charge in [0.15, 0.2) is 14.7 Å². The third kappa shape index (κ3) is 10.4. The minimum absolute atomic E-state index is 0.00910. The fraction of sp³-hybridized carbons (Fsp3) is 0.467. The molecule has 0 aliphatic rings. The van der Waals surface area contributed by atoms with Gasteiger partial charge >= 0.3 is 0 Å². The minimum Gasteiger partial charge on any atom is -0.744 e. The molecule has 0 aliphatic carbocycles. The second kappa shape index (κ2) is 15.8. The Morgan fingerprint density at radius 2 is 0.760 bits per heavy atom. The Morgan fingerprint density at radius 1 is 0.460 bits per heavy atom. The van der Waals surface area contributed by atoms with Crippen LogP contribution in [-0.4, -0.2) is 13.0 Å². The Bertz CT molecular complexity index is 1670. The van der Waals surface area contributed by atoms with Crippen LogP contribution in [0.25, 0.3) is 0 Å². The molecule has 0 N–H and O–H groups in total. The lowest BCUT2D eigenvalue weighted by molar-refractivity contribution is 0.461. The zero-order chi connectivity index (χ0) is 38.0. The zero-order valence-electron chi connectivity index (χ0n) is 33.4. The van der Waals surface area contributed by atoms with Gasteiger partial charge in [0.05, 0.1) is 15.8 Å². The van der Waals surface area contributed by atoms with Crippen LogP contribution in [-0.2, 0) is 37.3 Å². The first-order chi connectivity index (χ1) is 22.8. The summed E-state index contributed by atoms with van der Waals surface area (Å²) < 4.78 is 34.4. The van der Waals surface area contributed by atoms with E-state index in [0.29, 0.717) is 11.5 Å². The van der Waals surface area contributed by atoms with Crippen molar-refractivity contribution in [2.45, 2.75) is 157 Å². The second-order valence-corrected chi connectivity index (χ2v) is 20.9. The molecule has 0 radical (unpaired) electrons. The average Bonchev–Trinajstić information content (AvgIpc) is 2.99. The van der Waals surface area contributed by atoms with Gasteiger partial charge in [-0.1, -0.05) is 146 Å². The Hall–Kier alpha value is -2.86. The monoisotopic (exact) mass is 714 g/mol. The third-order valence-corrected chi connectivity index (χ3v) is 12.3. The smallest absolute Gasteiger partial charge is 0.166 e. The van der Waals surface area contributed by atoms with Crippen LogP contribution in [0.2, 0.25) is 0 Å². The van der Waals surface area contributed by atoms with E-state index in [4.69, 9.17) is 0 Å². The molecule has 0 atom stereocenters. The van der Waals surface area contributed by atoms with E-state index >= 15 is 0 Å². The summed E-state index contributed by atoms with van der Waals surface area (Å²) in [5, 5.41) is 0. The van der Waals surface area contributed by atoms with E-state index in [2.05, 4.69) is 149 Å². The van der Waals surface area contributed by atoms with E-state index < -0.39 is 10.1 Å². The van der Waals surface area contributed by atoms with Gasteiger partial charge in [-0.3, -0.25) is 0 Å². The molecule has 0 unspecified atom stereocenters. The molecule has 0 spiro atoms. The van der Waals surface area contributed by atoms with Gasteiger partial charge in [0.25, 0.3) is 0 Å². The highest BCUT2D eigenvalue weighted by Crippen LogP contribution is 2.38. The molecule has 0 aliphatic heterocycles. The Morgan fingerprint density at radius 3 is 0.980 bits per heavy atom. The molecule has 4 aromatic carbocycles. The zero-order valence-corrected chi connectivity index (χ0v) is 35.0. The van der Waals surface area contributed by atoms with Gasteiger partial charge in [-0.15, -0.1) is 0 Å². The summed E-state index contributed by atoms with van der Waals surface area (Å²) in [6.07, 6.45) is 0. The molecule has 4 aromatic rings. The van der Waals surface area contributed by atoms with Crippen molar-refractivity contribution in [3.05, 3.63) is 118 Å². The fourth-order valence-electron chi connectivity index (χ4n) is 6.28. The van der Waals surface area contributed by atoms with Gasteiger partial charge in [0, 0.05) is 0 Å². The normalized spacial score (nSPS) is 12.9. The lowest BCUT2D eigenvalue weighted by Gasteiger charge is -2.26. The molecule has 0 bridgehead atoms. The summed E-state index contributed by atoms with van der Waals surface area (Å²) in [5.74, 6) is 0.504. The largest absolute Gasteiger partial charge is 0.744 e. The number of rotatable bonds is 7. The highest BCUT2D eigenvalue weighted by Gasteiger charge is 2.30. The summed E-state index contributed by atoms with van der Waals surface area (Å²) in [5.41, 5.74) is 7.48. The summed E-state index contributed by atoms with van der Waals surface area (Å²) in [6, 6.07) is 31.1. The van der Waals surface area contributed by atoms with Crippen LogP contribution in [0, 0.1) is 0 Å². The van der Waals surface area contributed by atoms with E-state index in [-0.39, 0.29) is 43.9 Å². The number of hydrogen-bond acceptors (Lipinski definition) is 3. The molecule has 0 aromatic heterocycles. The van der Waals surface area contributed by atoms with Crippen LogP contribution in [0.5, 0.6) is 0 Å². The lowest BCUT2D eigenvalue weighted by atomic mass is 9.83. The van der Waals surface area contributed by atoms with E-state index in [9.17, 15) is 13.0 Å². The Kier molecular flexibility index (Phi) is 13.1. The van der Waals surface area contributed by atoms with E-state index in [1.54, 1.807) is 6.07 Å². The third-order valence-electron chi connectivity index (χ3n) is 9.20. The maximum atomic E-state index is 11.5. The Labute approximate surface area is 308 Å². The quantitative estimate of drug-likeness (QED) is 0.141. The predicted molar refractivity (Wildman–Crippen MR) is 214 cm³/mol.